The SMILES string of the molecule is c1ccc(-c2ccccc2-c2ccccc2-c2ccccc2-c2ccc(N(c3ccc(-c4ccc5c(c4)c4ccccc4n5-c4ccccc4)cc3)c3ccc4oc5ccccc5c4c3)cc2)cc1. The van der Waals surface area contributed by atoms with Crippen LogP contribution in [0.15, 0.2) is 271 Å². The molecule has 69 heavy (non-hydrogen) atoms. The lowest BCUT2D eigenvalue weighted by atomic mass is 9.87. The van der Waals surface area contributed by atoms with Crippen LogP contribution >= 0.6 is 0 Å². The number of benzene rings is 11. The zero-order valence-corrected chi connectivity index (χ0v) is 37.7. The maximum Gasteiger partial charge on any atom is 0.135 e. The molecule has 3 heteroatoms. The van der Waals surface area contributed by atoms with Gasteiger partial charge in [0.2, 0.25) is 0 Å². The molecule has 0 spiro atoms. The van der Waals surface area contributed by atoms with Gasteiger partial charge in [-0.15, -0.1) is 0 Å². The Kier molecular flexibility index (Phi) is 9.84. The number of hydrogen-bond donors (Lipinski definition) is 0. The van der Waals surface area contributed by atoms with Crippen LogP contribution in [-0.4, -0.2) is 4.57 Å². The van der Waals surface area contributed by atoms with Crippen LogP contribution in [0.4, 0.5) is 17.1 Å². The summed E-state index contributed by atoms with van der Waals surface area (Å²) >= 11 is 0. The first-order valence-corrected chi connectivity index (χ1v) is 23.6. The number of fused-ring (bicyclic) bond motifs is 6. The molecule has 3 nitrogen and oxygen atoms in total. The third-order valence-corrected chi connectivity index (χ3v) is 13.6. The molecule has 0 aliphatic rings. The molecule has 0 N–H and O–H groups in total. The summed E-state index contributed by atoms with van der Waals surface area (Å²) in [7, 11) is 0. The lowest BCUT2D eigenvalue weighted by Crippen LogP contribution is -2.09. The second-order valence-electron chi connectivity index (χ2n) is 17.6. The van der Waals surface area contributed by atoms with Crippen molar-refractivity contribution >= 4 is 60.8 Å². The summed E-state index contributed by atoms with van der Waals surface area (Å²) in [5, 5.41) is 4.67. The molecule has 2 heterocycles. The minimum Gasteiger partial charge on any atom is -0.456 e. The van der Waals surface area contributed by atoms with Crippen LogP contribution in [0, 0.1) is 0 Å². The lowest BCUT2D eigenvalue weighted by molar-refractivity contribution is 0.669. The first kappa shape index (κ1) is 40.1. The van der Waals surface area contributed by atoms with Gasteiger partial charge < -0.3 is 13.9 Å². The van der Waals surface area contributed by atoms with Gasteiger partial charge in [0.1, 0.15) is 11.2 Å². The first-order valence-electron chi connectivity index (χ1n) is 23.6. The lowest BCUT2D eigenvalue weighted by Gasteiger charge is -2.26. The molecule has 13 aromatic rings. The van der Waals surface area contributed by atoms with Crippen molar-refractivity contribution in [2.45, 2.75) is 0 Å². The fourth-order valence-corrected chi connectivity index (χ4v) is 10.4. The molecule has 0 amide bonds. The Bertz CT molecular complexity index is 4000. The molecule has 0 atom stereocenters. The van der Waals surface area contributed by atoms with Gasteiger partial charge in [0.05, 0.1) is 11.0 Å². The van der Waals surface area contributed by atoms with Crippen LogP contribution in [0.2, 0.25) is 0 Å². The molecule has 0 radical (unpaired) electrons. The minimum atomic E-state index is 0.873. The van der Waals surface area contributed by atoms with E-state index in [0.29, 0.717) is 0 Å². The second kappa shape index (κ2) is 16.9. The number of anilines is 3. The summed E-state index contributed by atoms with van der Waals surface area (Å²) in [4.78, 5) is 2.35. The maximum absolute atomic E-state index is 6.31. The fourth-order valence-electron chi connectivity index (χ4n) is 10.4. The molecule has 0 saturated carbocycles. The van der Waals surface area contributed by atoms with Crippen LogP contribution in [0.5, 0.6) is 0 Å². The Hall–Kier alpha value is -9.18. The molecule has 2 aromatic heterocycles. The van der Waals surface area contributed by atoms with Gasteiger partial charge in [0, 0.05) is 44.3 Å². The van der Waals surface area contributed by atoms with Gasteiger partial charge in [-0.05, 0) is 134 Å². The van der Waals surface area contributed by atoms with Crippen molar-refractivity contribution in [3.05, 3.63) is 267 Å². The van der Waals surface area contributed by atoms with Gasteiger partial charge in [0.25, 0.3) is 0 Å². The average Bonchev–Trinajstić information content (AvgIpc) is 3.97. The number of furan rings is 1. The third-order valence-electron chi connectivity index (χ3n) is 13.6. The largest absolute Gasteiger partial charge is 0.456 e. The van der Waals surface area contributed by atoms with E-state index in [4.69, 9.17) is 4.42 Å². The zero-order chi connectivity index (χ0) is 45.7. The van der Waals surface area contributed by atoms with E-state index in [-0.39, 0.29) is 0 Å². The standard InChI is InChI=1S/C66H44N2O/c1-3-17-46(18-4-1)53-21-7-9-23-55(53)57-25-11-12-26-58(57)56-24-10-8-22-54(56)47-33-38-51(39-34-47)67(52-40-42-66-62(44-52)60-28-14-16-30-65(60)69-66)50-36-31-45(32-37-50)48-35-41-64-61(43-48)59-27-13-15-29-63(59)68(64)49-19-5-2-6-20-49/h1-44H. The van der Waals surface area contributed by atoms with E-state index in [1.807, 2.05) is 12.1 Å². The van der Waals surface area contributed by atoms with Crippen LogP contribution in [0.1, 0.15) is 0 Å². The Balaban J connectivity index is 0.897. The van der Waals surface area contributed by atoms with E-state index >= 15 is 0 Å². The highest BCUT2D eigenvalue weighted by molar-refractivity contribution is 6.11. The van der Waals surface area contributed by atoms with Gasteiger partial charge in [-0.2, -0.15) is 0 Å². The van der Waals surface area contributed by atoms with E-state index in [2.05, 4.69) is 264 Å². The Morgan fingerprint density at radius 3 is 1.36 bits per heavy atom. The predicted molar refractivity (Wildman–Crippen MR) is 290 cm³/mol. The number of aromatic nitrogens is 1. The van der Waals surface area contributed by atoms with Gasteiger partial charge in [-0.25, -0.2) is 0 Å². The minimum absolute atomic E-state index is 0.873. The van der Waals surface area contributed by atoms with Gasteiger partial charge in [-0.3, -0.25) is 0 Å². The molecule has 324 valence electrons. The van der Waals surface area contributed by atoms with Crippen molar-refractivity contribution in [3.63, 3.8) is 0 Å². The summed E-state index contributed by atoms with van der Waals surface area (Å²) in [6.45, 7) is 0. The van der Waals surface area contributed by atoms with Crippen molar-refractivity contribution in [2.24, 2.45) is 0 Å². The molecule has 0 saturated heterocycles. The normalized spacial score (nSPS) is 11.5. The average molecular weight is 881 g/mol. The van der Waals surface area contributed by atoms with Crippen molar-refractivity contribution < 1.29 is 4.42 Å². The van der Waals surface area contributed by atoms with E-state index in [9.17, 15) is 0 Å². The van der Waals surface area contributed by atoms with Crippen molar-refractivity contribution in [3.8, 4) is 61.3 Å². The highest BCUT2D eigenvalue weighted by Gasteiger charge is 2.19. The van der Waals surface area contributed by atoms with Crippen LogP contribution in [-0.2, 0) is 0 Å². The number of para-hydroxylation sites is 3. The molecule has 0 fully saturated rings. The Morgan fingerprint density at radius 1 is 0.261 bits per heavy atom. The summed E-state index contributed by atoms with van der Waals surface area (Å²) in [5.74, 6) is 0. The van der Waals surface area contributed by atoms with Gasteiger partial charge >= 0.3 is 0 Å². The van der Waals surface area contributed by atoms with E-state index < -0.39 is 0 Å². The molecule has 13 rings (SSSR count). The molecule has 11 aromatic carbocycles. The number of rotatable bonds is 9. The van der Waals surface area contributed by atoms with Crippen molar-refractivity contribution in [1.29, 1.82) is 0 Å². The fraction of sp³-hybridized carbons (Fsp3) is 0. The van der Waals surface area contributed by atoms with E-state index in [1.54, 1.807) is 0 Å². The summed E-state index contributed by atoms with van der Waals surface area (Å²) in [6, 6.07) is 96.1. The second-order valence-corrected chi connectivity index (χ2v) is 17.6. The van der Waals surface area contributed by atoms with Gasteiger partial charge in [0.15, 0.2) is 0 Å². The molecule has 0 bridgehead atoms. The quantitative estimate of drug-likeness (QED) is 0.144. The van der Waals surface area contributed by atoms with Crippen LogP contribution < -0.4 is 4.90 Å². The van der Waals surface area contributed by atoms with Crippen molar-refractivity contribution in [2.75, 3.05) is 4.90 Å². The topological polar surface area (TPSA) is 21.3 Å². The van der Waals surface area contributed by atoms with Gasteiger partial charge in [-0.1, -0.05) is 188 Å². The summed E-state index contributed by atoms with van der Waals surface area (Å²) in [6.07, 6.45) is 0. The molecule has 0 unspecified atom stereocenters. The molecular weight excluding hydrogens is 837 g/mol. The smallest absolute Gasteiger partial charge is 0.135 e. The molecular formula is C66H44N2O. The molecule has 0 aliphatic heterocycles. The number of hydrogen-bond acceptors (Lipinski definition) is 2. The maximum atomic E-state index is 6.31. The van der Waals surface area contributed by atoms with E-state index in [1.165, 1.54) is 66.3 Å². The predicted octanol–water partition coefficient (Wildman–Crippen LogP) is 18.5. The van der Waals surface area contributed by atoms with Crippen LogP contribution in [0.3, 0.4) is 0 Å². The Morgan fingerprint density at radius 2 is 0.710 bits per heavy atom. The highest BCUT2D eigenvalue weighted by atomic mass is 16.3. The highest BCUT2D eigenvalue weighted by Crippen LogP contribution is 2.44. The van der Waals surface area contributed by atoms with E-state index in [0.717, 1.165) is 55.8 Å². The summed E-state index contributed by atoms with van der Waals surface area (Å²) in [5.41, 5.74) is 20.4. The van der Waals surface area contributed by atoms with Crippen LogP contribution in [0.25, 0.3) is 105 Å². The zero-order valence-electron chi connectivity index (χ0n) is 37.7. The first-order chi connectivity index (χ1) is 34.2. The monoisotopic (exact) mass is 880 g/mol. The third kappa shape index (κ3) is 7.08. The molecule has 0 aliphatic carbocycles. The van der Waals surface area contributed by atoms with Crippen molar-refractivity contribution in [1.82, 2.24) is 4.57 Å². The summed E-state index contributed by atoms with van der Waals surface area (Å²) < 4.78 is 8.67. The number of nitrogens with zero attached hydrogens (tertiary/aromatic N) is 2. The Labute approximate surface area is 401 Å².